The van der Waals surface area contributed by atoms with E-state index in [-0.39, 0.29) is 27.4 Å². The Kier molecular flexibility index (Phi) is 6.07. The predicted octanol–water partition coefficient (Wildman–Crippen LogP) is 2.92. The van der Waals surface area contributed by atoms with Crippen LogP contribution in [0.4, 0.5) is 10.1 Å². The Labute approximate surface area is 130 Å². The molecule has 0 atom stereocenters. The number of rotatable bonds is 7. The molecule has 0 fully saturated rings. The quantitative estimate of drug-likeness (QED) is 0.752. The summed E-state index contributed by atoms with van der Waals surface area (Å²) in [5, 5.41) is 0. The van der Waals surface area contributed by atoms with Gasteiger partial charge in [-0.3, -0.25) is 0 Å². The highest BCUT2D eigenvalue weighted by Crippen LogP contribution is 2.30. The largest absolute Gasteiger partial charge is 0.399 e. The van der Waals surface area contributed by atoms with Crippen molar-refractivity contribution in [3.05, 3.63) is 23.5 Å². The Morgan fingerprint density at radius 3 is 2.38 bits per heavy atom. The number of hydrogen-bond donors (Lipinski definition) is 2. The van der Waals surface area contributed by atoms with Crippen LogP contribution in [-0.2, 0) is 10.0 Å². The average Bonchev–Trinajstić information content (AvgIpc) is 2.45. The lowest BCUT2D eigenvalue weighted by Gasteiger charge is -2.29. The summed E-state index contributed by atoms with van der Waals surface area (Å²) in [7, 11) is -3.92. The van der Waals surface area contributed by atoms with Crippen LogP contribution in [-0.4, -0.2) is 26.0 Å². The van der Waals surface area contributed by atoms with Gasteiger partial charge in [0.05, 0.1) is 0 Å². The molecule has 0 saturated heterocycles. The lowest BCUT2D eigenvalue weighted by Crippen LogP contribution is -2.39. The van der Waals surface area contributed by atoms with E-state index in [1.54, 1.807) is 11.8 Å². The third-order valence-corrected chi connectivity index (χ3v) is 6.83. The molecular weight excluding hydrogens is 311 g/mol. The van der Waals surface area contributed by atoms with Crippen molar-refractivity contribution in [3.63, 3.8) is 0 Å². The molecular formula is C14H23FN2O2S2. The van der Waals surface area contributed by atoms with Gasteiger partial charge in [0.2, 0.25) is 10.0 Å². The van der Waals surface area contributed by atoms with Gasteiger partial charge in [0.15, 0.2) is 0 Å². The summed E-state index contributed by atoms with van der Waals surface area (Å²) in [6.45, 7) is 5.78. The molecule has 7 heteroatoms. The maximum atomic E-state index is 14.1. The highest BCUT2D eigenvalue weighted by molar-refractivity contribution is 8.00. The van der Waals surface area contributed by atoms with Gasteiger partial charge in [-0.2, -0.15) is 11.8 Å². The minimum Gasteiger partial charge on any atom is -0.399 e. The van der Waals surface area contributed by atoms with Gasteiger partial charge in [0, 0.05) is 17.0 Å². The zero-order chi connectivity index (χ0) is 16.3. The second-order valence-corrected chi connectivity index (χ2v) is 8.08. The minimum atomic E-state index is -3.92. The van der Waals surface area contributed by atoms with Crippen molar-refractivity contribution in [2.75, 3.05) is 18.5 Å². The van der Waals surface area contributed by atoms with Crippen molar-refractivity contribution in [2.45, 2.75) is 43.3 Å². The number of nitrogens with one attached hydrogen (secondary N) is 1. The fourth-order valence-electron chi connectivity index (χ4n) is 2.12. The Morgan fingerprint density at radius 2 is 1.90 bits per heavy atom. The summed E-state index contributed by atoms with van der Waals surface area (Å²) in [5.74, 6) is -0.751. The highest BCUT2D eigenvalue weighted by Gasteiger charge is 2.29. The molecule has 0 radical (unpaired) electrons. The summed E-state index contributed by atoms with van der Waals surface area (Å²) in [6.07, 6.45) is 3.60. The van der Waals surface area contributed by atoms with E-state index in [2.05, 4.69) is 4.72 Å². The van der Waals surface area contributed by atoms with Crippen LogP contribution in [0.3, 0.4) is 0 Å². The van der Waals surface area contributed by atoms with Crippen molar-refractivity contribution >= 4 is 27.5 Å². The van der Waals surface area contributed by atoms with E-state index in [1.807, 2.05) is 20.1 Å². The number of nitrogen functional groups attached to an aromatic ring is 1. The third kappa shape index (κ3) is 4.11. The number of sulfonamides is 1. The summed E-state index contributed by atoms with van der Waals surface area (Å²) in [6, 6.07) is 2.57. The first-order valence-electron chi connectivity index (χ1n) is 6.81. The summed E-state index contributed by atoms with van der Waals surface area (Å²) < 4.78 is 41.1. The lowest BCUT2D eigenvalue weighted by molar-refractivity contribution is 0.515. The molecule has 0 aliphatic heterocycles. The number of thioether (sulfide) groups is 1. The molecule has 1 rings (SSSR count). The van der Waals surface area contributed by atoms with Crippen molar-refractivity contribution < 1.29 is 12.8 Å². The van der Waals surface area contributed by atoms with Crippen LogP contribution in [0.25, 0.3) is 0 Å². The molecule has 21 heavy (non-hydrogen) atoms. The van der Waals surface area contributed by atoms with Crippen molar-refractivity contribution in [2.24, 2.45) is 0 Å². The zero-order valence-corrected chi connectivity index (χ0v) is 14.5. The van der Waals surface area contributed by atoms with E-state index in [1.165, 1.54) is 13.0 Å². The fraction of sp³-hybridized carbons (Fsp3) is 0.571. The molecule has 1 aromatic rings. The van der Waals surface area contributed by atoms with E-state index in [0.717, 1.165) is 18.9 Å². The minimum absolute atomic E-state index is 0.182. The fourth-order valence-corrected chi connectivity index (χ4v) is 4.32. The molecule has 0 amide bonds. The maximum Gasteiger partial charge on any atom is 0.243 e. The Balaban J connectivity index is 3.08. The second-order valence-electron chi connectivity index (χ2n) is 5.07. The maximum absolute atomic E-state index is 14.1. The molecule has 4 nitrogen and oxygen atoms in total. The molecule has 1 aromatic carbocycles. The first kappa shape index (κ1) is 18.3. The standard InChI is InChI=1S/C14H23FN2O2S2/c1-5-14(6-2,20-4)9-17-21(18,19)12-8-11(16)7-10(3)13(12)15/h7-8,17H,5-6,9,16H2,1-4H3. The smallest absolute Gasteiger partial charge is 0.243 e. The number of anilines is 1. The van der Waals surface area contributed by atoms with Gasteiger partial charge in [-0.1, -0.05) is 13.8 Å². The van der Waals surface area contributed by atoms with Crippen LogP contribution in [0, 0.1) is 12.7 Å². The summed E-state index contributed by atoms with van der Waals surface area (Å²) >= 11 is 1.62. The SMILES string of the molecule is CCC(CC)(CNS(=O)(=O)c1cc(N)cc(C)c1F)SC. The van der Waals surface area contributed by atoms with Gasteiger partial charge in [0.1, 0.15) is 10.7 Å². The molecule has 0 unspecified atom stereocenters. The van der Waals surface area contributed by atoms with Crippen LogP contribution in [0.1, 0.15) is 32.3 Å². The molecule has 0 saturated carbocycles. The first-order chi connectivity index (χ1) is 9.71. The van der Waals surface area contributed by atoms with Crippen LogP contribution in [0.15, 0.2) is 17.0 Å². The van der Waals surface area contributed by atoms with Crippen molar-refractivity contribution in [3.8, 4) is 0 Å². The second kappa shape index (κ2) is 6.98. The summed E-state index contributed by atoms with van der Waals surface area (Å²) in [4.78, 5) is -0.387. The van der Waals surface area contributed by atoms with Crippen LogP contribution in [0.5, 0.6) is 0 Å². The number of halogens is 1. The van der Waals surface area contributed by atoms with Gasteiger partial charge in [-0.15, -0.1) is 0 Å². The van der Waals surface area contributed by atoms with Gasteiger partial charge in [-0.05, 0) is 43.7 Å². The number of nitrogens with two attached hydrogens (primary N) is 1. The topological polar surface area (TPSA) is 72.2 Å². The normalized spacial score (nSPS) is 12.6. The Hall–Kier alpha value is -0.790. The summed E-state index contributed by atoms with van der Waals surface area (Å²) in [5.41, 5.74) is 6.08. The third-order valence-electron chi connectivity index (χ3n) is 3.84. The van der Waals surface area contributed by atoms with Gasteiger partial charge >= 0.3 is 0 Å². The number of benzene rings is 1. The zero-order valence-electron chi connectivity index (χ0n) is 12.9. The van der Waals surface area contributed by atoms with Gasteiger partial charge < -0.3 is 5.73 Å². The average molecular weight is 334 g/mol. The van der Waals surface area contributed by atoms with Crippen LogP contribution < -0.4 is 10.5 Å². The molecule has 120 valence electrons. The molecule has 3 N–H and O–H groups in total. The lowest BCUT2D eigenvalue weighted by atomic mass is 10.0. The van der Waals surface area contributed by atoms with E-state index in [0.29, 0.717) is 0 Å². The van der Waals surface area contributed by atoms with Gasteiger partial charge in [0.25, 0.3) is 0 Å². The van der Waals surface area contributed by atoms with E-state index in [9.17, 15) is 12.8 Å². The van der Waals surface area contributed by atoms with Crippen molar-refractivity contribution in [1.82, 2.24) is 4.72 Å². The Morgan fingerprint density at radius 1 is 1.33 bits per heavy atom. The van der Waals surface area contributed by atoms with E-state index < -0.39 is 15.8 Å². The van der Waals surface area contributed by atoms with Crippen LogP contribution in [0.2, 0.25) is 0 Å². The molecule has 0 aromatic heterocycles. The molecule has 0 bridgehead atoms. The van der Waals surface area contributed by atoms with E-state index >= 15 is 0 Å². The monoisotopic (exact) mass is 334 g/mol. The molecule has 0 aliphatic carbocycles. The number of hydrogen-bond acceptors (Lipinski definition) is 4. The molecule has 0 heterocycles. The Bertz CT molecular complexity index is 591. The first-order valence-corrected chi connectivity index (χ1v) is 9.52. The highest BCUT2D eigenvalue weighted by atomic mass is 32.2. The van der Waals surface area contributed by atoms with Crippen LogP contribution >= 0.6 is 11.8 Å². The number of aryl methyl sites for hydroxylation is 1. The molecule has 0 spiro atoms. The van der Waals surface area contributed by atoms with E-state index in [4.69, 9.17) is 5.73 Å². The van der Waals surface area contributed by atoms with Crippen molar-refractivity contribution in [1.29, 1.82) is 0 Å². The molecule has 0 aliphatic rings. The predicted molar refractivity (Wildman–Crippen MR) is 87.6 cm³/mol. The van der Waals surface area contributed by atoms with Gasteiger partial charge in [-0.25, -0.2) is 17.5 Å².